The Balaban J connectivity index is 5.21. The quantitative estimate of drug-likeness (QED) is 0.0222. The van der Waals surface area contributed by atoms with Crippen LogP contribution in [0, 0.1) is 5.92 Å². The van der Waals surface area contributed by atoms with Crippen molar-refractivity contribution >= 4 is 39.5 Å². The van der Waals surface area contributed by atoms with Gasteiger partial charge < -0.3 is 33.8 Å². The molecule has 0 aliphatic heterocycles. The number of ether oxygens (including phenoxy) is 4. The molecule has 0 spiro atoms. The fraction of sp³-hybridized carbons (Fsp3) is 0.943. The second-order valence-corrected chi connectivity index (χ2v) is 28.7. The zero-order valence-corrected chi connectivity index (χ0v) is 59.4. The molecule has 0 bridgehead atoms. The van der Waals surface area contributed by atoms with Crippen molar-refractivity contribution in [1.29, 1.82) is 0 Å². The van der Waals surface area contributed by atoms with Crippen molar-refractivity contribution in [3.8, 4) is 0 Å². The zero-order chi connectivity index (χ0) is 65.6. The molecule has 0 aliphatic rings. The SMILES string of the molecule is CCCCCCCCCCCCCCC(=O)OC[C@H](COP(=O)(O)OC[C@@H](O)COP(=O)(O)OC[C@@H](COC(=O)CCCCCCCCCC)OC(=O)CCCCCCCCCCCCCC)OC(=O)CCCCCCCCCCCCCCCCC(C)C. The molecule has 19 heteroatoms. The van der Waals surface area contributed by atoms with Crippen LogP contribution >= 0.6 is 15.6 Å². The molecule has 0 aromatic rings. The van der Waals surface area contributed by atoms with E-state index < -0.39 is 97.5 Å². The van der Waals surface area contributed by atoms with Gasteiger partial charge in [0.25, 0.3) is 0 Å². The lowest BCUT2D eigenvalue weighted by Gasteiger charge is -2.21. The van der Waals surface area contributed by atoms with Crippen LogP contribution in [0.15, 0.2) is 0 Å². The van der Waals surface area contributed by atoms with Gasteiger partial charge in [0, 0.05) is 25.7 Å². The summed E-state index contributed by atoms with van der Waals surface area (Å²) >= 11 is 0. The third-order valence-corrected chi connectivity index (χ3v) is 18.2. The van der Waals surface area contributed by atoms with E-state index in [0.29, 0.717) is 25.7 Å². The van der Waals surface area contributed by atoms with Gasteiger partial charge in [-0.2, -0.15) is 0 Å². The molecule has 528 valence electrons. The van der Waals surface area contributed by atoms with E-state index in [0.717, 1.165) is 102 Å². The van der Waals surface area contributed by atoms with Gasteiger partial charge in [-0.05, 0) is 31.6 Å². The van der Waals surface area contributed by atoms with Gasteiger partial charge in [0.1, 0.15) is 19.3 Å². The van der Waals surface area contributed by atoms with Gasteiger partial charge in [0.15, 0.2) is 12.2 Å². The lowest BCUT2D eigenvalue weighted by molar-refractivity contribution is -0.161. The van der Waals surface area contributed by atoms with Crippen molar-refractivity contribution in [3.05, 3.63) is 0 Å². The maximum atomic E-state index is 13.0. The van der Waals surface area contributed by atoms with Crippen LogP contribution in [0.3, 0.4) is 0 Å². The number of phosphoric acid groups is 2. The Morgan fingerprint density at radius 2 is 0.517 bits per heavy atom. The summed E-state index contributed by atoms with van der Waals surface area (Å²) in [6, 6.07) is 0. The van der Waals surface area contributed by atoms with Crippen molar-refractivity contribution in [2.24, 2.45) is 5.92 Å². The molecule has 0 heterocycles. The smallest absolute Gasteiger partial charge is 0.462 e. The van der Waals surface area contributed by atoms with Crippen molar-refractivity contribution in [2.75, 3.05) is 39.6 Å². The molecule has 3 N–H and O–H groups in total. The van der Waals surface area contributed by atoms with E-state index >= 15 is 0 Å². The second-order valence-electron chi connectivity index (χ2n) is 25.7. The van der Waals surface area contributed by atoms with E-state index in [2.05, 4.69) is 34.6 Å². The molecule has 5 atom stereocenters. The molecule has 0 aliphatic carbocycles. The summed E-state index contributed by atoms with van der Waals surface area (Å²) in [4.78, 5) is 72.4. The standard InChI is InChI=1S/C70H136O17P2/c1-6-9-12-15-18-21-23-30-34-39-44-49-54-68(73)81-60-66(87-70(75)56-51-46-41-36-32-28-26-25-27-29-33-37-42-47-52-63(4)5)62-85-89(78,79)83-58-64(71)57-82-88(76,77)84-61-65(59-80-67(72)53-48-43-38-20-17-14-11-8-3)86-69(74)55-50-45-40-35-31-24-22-19-16-13-10-7-2/h63-66,71H,6-62H2,1-5H3,(H,76,77)(H,78,79)/t64-,65+,66+/m0/s1. The fourth-order valence-corrected chi connectivity index (χ4v) is 12.2. The molecule has 0 aromatic carbocycles. The molecule has 2 unspecified atom stereocenters. The van der Waals surface area contributed by atoms with Crippen LogP contribution in [-0.2, 0) is 65.4 Å². The molecule has 0 amide bonds. The predicted octanol–water partition coefficient (Wildman–Crippen LogP) is 20.1. The van der Waals surface area contributed by atoms with Gasteiger partial charge in [-0.25, -0.2) is 9.13 Å². The van der Waals surface area contributed by atoms with Gasteiger partial charge in [-0.3, -0.25) is 37.3 Å². The average molecular weight is 1310 g/mol. The zero-order valence-electron chi connectivity index (χ0n) is 57.6. The Bertz CT molecular complexity index is 1720. The maximum Gasteiger partial charge on any atom is 0.472 e. The van der Waals surface area contributed by atoms with Crippen molar-refractivity contribution in [1.82, 2.24) is 0 Å². The summed E-state index contributed by atoms with van der Waals surface area (Å²) in [5.41, 5.74) is 0. The molecule has 0 saturated heterocycles. The summed E-state index contributed by atoms with van der Waals surface area (Å²) in [7, 11) is -9.89. The van der Waals surface area contributed by atoms with Gasteiger partial charge in [0.05, 0.1) is 26.4 Å². The molecule has 0 saturated carbocycles. The third kappa shape index (κ3) is 64.6. The molecule has 17 nitrogen and oxygen atoms in total. The van der Waals surface area contributed by atoms with Crippen LogP contribution in [0.4, 0.5) is 0 Å². The highest BCUT2D eigenvalue weighted by Crippen LogP contribution is 2.45. The molecule has 89 heavy (non-hydrogen) atoms. The number of esters is 4. The number of carbonyl (C=O) groups is 4. The molecule has 0 rings (SSSR count). The van der Waals surface area contributed by atoms with Crippen molar-refractivity contribution in [2.45, 2.75) is 380 Å². The predicted molar refractivity (Wildman–Crippen MR) is 358 cm³/mol. The Hall–Kier alpha value is -1.94. The van der Waals surface area contributed by atoms with Crippen LogP contribution in [0.2, 0.25) is 0 Å². The van der Waals surface area contributed by atoms with E-state index in [1.165, 1.54) is 180 Å². The molecular formula is C70H136O17P2. The highest BCUT2D eigenvalue weighted by atomic mass is 31.2. The average Bonchev–Trinajstić information content (AvgIpc) is 3.72. The number of hydrogen-bond donors (Lipinski definition) is 3. The van der Waals surface area contributed by atoms with Crippen LogP contribution < -0.4 is 0 Å². The largest absolute Gasteiger partial charge is 0.472 e. The second kappa shape index (κ2) is 63.5. The third-order valence-electron chi connectivity index (χ3n) is 16.3. The van der Waals surface area contributed by atoms with Gasteiger partial charge in [-0.1, -0.05) is 311 Å². The number of unbranched alkanes of at least 4 members (excludes halogenated alkanes) is 42. The topological polar surface area (TPSA) is 237 Å². The van der Waals surface area contributed by atoms with Crippen molar-refractivity contribution in [3.63, 3.8) is 0 Å². The Morgan fingerprint density at radius 1 is 0.303 bits per heavy atom. The lowest BCUT2D eigenvalue weighted by Crippen LogP contribution is -2.30. The normalized spacial score (nSPS) is 14.1. The minimum atomic E-state index is -4.95. The van der Waals surface area contributed by atoms with E-state index in [4.69, 9.17) is 37.0 Å². The van der Waals surface area contributed by atoms with Crippen LogP contribution in [0.25, 0.3) is 0 Å². The molecular weight excluding hydrogens is 1170 g/mol. The highest BCUT2D eigenvalue weighted by molar-refractivity contribution is 7.47. The Morgan fingerprint density at radius 3 is 0.764 bits per heavy atom. The number of carbonyl (C=O) groups excluding carboxylic acids is 4. The number of rotatable bonds is 70. The first-order chi connectivity index (χ1) is 43.0. The number of hydrogen-bond acceptors (Lipinski definition) is 15. The fourth-order valence-electron chi connectivity index (χ4n) is 10.6. The summed E-state index contributed by atoms with van der Waals surface area (Å²) in [6.45, 7) is 7.25. The van der Waals surface area contributed by atoms with E-state index in [1.54, 1.807) is 0 Å². The summed E-state index contributed by atoms with van der Waals surface area (Å²) < 4.78 is 68.2. The maximum absolute atomic E-state index is 13.0. The van der Waals surface area contributed by atoms with Gasteiger partial charge in [-0.15, -0.1) is 0 Å². The van der Waals surface area contributed by atoms with E-state index in [1.807, 2.05) is 0 Å². The first-order valence-corrected chi connectivity index (χ1v) is 39.6. The summed E-state index contributed by atoms with van der Waals surface area (Å²) in [5, 5.41) is 10.6. The van der Waals surface area contributed by atoms with E-state index in [-0.39, 0.29) is 25.7 Å². The van der Waals surface area contributed by atoms with Gasteiger partial charge in [0.2, 0.25) is 0 Å². The first kappa shape index (κ1) is 87.1. The number of phosphoric ester groups is 2. The number of aliphatic hydroxyl groups is 1. The van der Waals surface area contributed by atoms with Crippen LogP contribution in [0.1, 0.15) is 362 Å². The molecule has 0 radical (unpaired) electrons. The van der Waals surface area contributed by atoms with Gasteiger partial charge >= 0.3 is 39.5 Å². The molecule has 0 aromatic heterocycles. The first-order valence-electron chi connectivity index (χ1n) is 36.6. The monoisotopic (exact) mass is 1310 g/mol. The molecule has 0 fully saturated rings. The number of aliphatic hydroxyl groups excluding tert-OH is 1. The minimum absolute atomic E-state index is 0.107. The van der Waals surface area contributed by atoms with Crippen molar-refractivity contribution < 1.29 is 80.2 Å². The lowest BCUT2D eigenvalue weighted by atomic mass is 10.0. The van der Waals surface area contributed by atoms with E-state index in [9.17, 15) is 43.2 Å². The highest BCUT2D eigenvalue weighted by Gasteiger charge is 2.30. The summed E-state index contributed by atoms with van der Waals surface area (Å²) in [5.74, 6) is -1.33. The minimum Gasteiger partial charge on any atom is -0.462 e. The van der Waals surface area contributed by atoms with Crippen LogP contribution in [-0.4, -0.2) is 96.7 Å². The van der Waals surface area contributed by atoms with Crippen LogP contribution in [0.5, 0.6) is 0 Å². The Labute approximate surface area is 543 Å². The summed E-state index contributed by atoms with van der Waals surface area (Å²) in [6.07, 6.45) is 49.8. The Kier molecular flexibility index (Phi) is 62.1.